The van der Waals surface area contributed by atoms with E-state index >= 15 is 0 Å². The normalized spacial score (nSPS) is 12.8. The Morgan fingerprint density at radius 1 is 1.40 bits per heavy atom. The number of hydrogen-bond donors (Lipinski definition) is 3. The van der Waals surface area contributed by atoms with Gasteiger partial charge >= 0.3 is 5.97 Å². The van der Waals surface area contributed by atoms with E-state index in [0.29, 0.717) is 0 Å². The van der Waals surface area contributed by atoms with E-state index in [9.17, 15) is 18.7 Å². The van der Waals surface area contributed by atoms with Gasteiger partial charge in [-0.15, -0.1) is 0 Å². The molecule has 0 aromatic heterocycles. The second-order valence-corrected chi connectivity index (χ2v) is 2.93. The SMILES string of the molecule is NC(C(=O)O)c1cc(C(F)F)ccc1O. The third kappa shape index (κ3) is 2.41. The Balaban J connectivity index is 3.16. The average molecular weight is 217 g/mol. The van der Waals surface area contributed by atoms with E-state index in [1.807, 2.05) is 0 Å². The smallest absolute Gasteiger partial charge is 0.325 e. The first-order valence-corrected chi connectivity index (χ1v) is 4.03. The van der Waals surface area contributed by atoms with Crippen LogP contribution in [0.4, 0.5) is 8.78 Å². The zero-order valence-corrected chi connectivity index (χ0v) is 7.52. The predicted molar refractivity (Wildman–Crippen MR) is 47.6 cm³/mol. The standard InChI is InChI=1S/C9H9F2NO3/c10-8(11)4-1-2-6(13)5(3-4)7(12)9(14)15/h1-3,7-8,13H,12H2,(H,14,15). The minimum atomic E-state index is -2.73. The van der Waals surface area contributed by atoms with Crippen LogP contribution in [0.3, 0.4) is 0 Å². The summed E-state index contributed by atoms with van der Waals surface area (Å²) in [6.45, 7) is 0. The fourth-order valence-corrected chi connectivity index (χ4v) is 1.09. The van der Waals surface area contributed by atoms with Gasteiger partial charge in [-0.1, -0.05) is 0 Å². The lowest BCUT2D eigenvalue weighted by atomic mass is 10.0. The molecule has 1 unspecified atom stereocenters. The molecule has 6 heteroatoms. The van der Waals surface area contributed by atoms with Crippen LogP contribution in [0.15, 0.2) is 18.2 Å². The number of alkyl halides is 2. The molecule has 0 heterocycles. The zero-order chi connectivity index (χ0) is 11.6. The highest BCUT2D eigenvalue weighted by Crippen LogP contribution is 2.28. The maximum absolute atomic E-state index is 12.3. The number of aliphatic carboxylic acids is 1. The van der Waals surface area contributed by atoms with Crippen molar-refractivity contribution in [3.8, 4) is 5.75 Å². The van der Waals surface area contributed by atoms with Crippen LogP contribution in [-0.2, 0) is 4.79 Å². The fourth-order valence-electron chi connectivity index (χ4n) is 1.09. The van der Waals surface area contributed by atoms with E-state index in [1.165, 1.54) is 0 Å². The van der Waals surface area contributed by atoms with Crippen molar-refractivity contribution < 1.29 is 23.8 Å². The maximum atomic E-state index is 12.3. The number of benzene rings is 1. The summed E-state index contributed by atoms with van der Waals surface area (Å²) in [6, 6.07) is 1.39. The highest BCUT2D eigenvalue weighted by Gasteiger charge is 2.20. The summed E-state index contributed by atoms with van der Waals surface area (Å²) >= 11 is 0. The maximum Gasteiger partial charge on any atom is 0.325 e. The van der Waals surface area contributed by atoms with Gasteiger partial charge in [0.15, 0.2) is 0 Å². The Hall–Kier alpha value is -1.69. The van der Waals surface area contributed by atoms with E-state index in [1.54, 1.807) is 0 Å². The summed E-state index contributed by atoms with van der Waals surface area (Å²) in [5.74, 6) is -1.80. The molecule has 82 valence electrons. The number of nitrogens with two attached hydrogens (primary N) is 1. The minimum absolute atomic E-state index is 0.222. The van der Waals surface area contributed by atoms with Crippen LogP contribution < -0.4 is 5.73 Å². The Morgan fingerprint density at radius 3 is 2.47 bits per heavy atom. The molecule has 1 aromatic carbocycles. The monoisotopic (exact) mass is 217 g/mol. The molecule has 0 aliphatic carbocycles. The van der Waals surface area contributed by atoms with Gasteiger partial charge in [-0.2, -0.15) is 0 Å². The van der Waals surface area contributed by atoms with Gasteiger partial charge in [0, 0.05) is 11.1 Å². The quantitative estimate of drug-likeness (QED) is 0.714. The number of carbonyl (C=O) groups is 1. The molecule has 0 amide bonds. The molecule has 0 saturated carbocycles. The first-order chi connectivity index (χ1) is 6.93. The van der Waals surface area contributed by atoms with Gasteiger partial charge in [-0.3, -0.25) is 4.79 Å². The van der Waals surface area contributed by atoms with Gasteiger partial charge in [0.2, 0.25) is 0 Å². The van der Waals surface area contributed by atoms with E-state index in [2.05, 4.69) is 0 Å². The number of rotatable bonds is 3. The first kappa shape index (κ1) is 11.4. The Labute approximate surface area is 83.9 Å². The van der Waals surface area contributed by atoms with Crippen molar-refractivity contribution in [3.63, 3.8) is 0 Å². The summed E-state index contributed by atoms with van der Waals surface area (Å²) in [4.78, 5) is 10.5. The third-order valence-corrected chi connectivity index (χ3v) is 1.90. The number of halogens is 2. The molecule has 0 aliphatic heterocycles. The molecule has 1 aromatic rings. The van der Waals surface area contributed by atoms with Crippen molar-refractivity contribution in [2.24, 2.45) is 5.73 Å². The molecule has 1 atom stereocenters. The second-order valence-electron chi connectivity index (χ2n) is 2.93. The fraction of sp³-hybridized carbons (Fsp3) is 0.222. The largest absolute Gasteiger partial charge is 0.508 e. The summed E-state index contributed by atoms with van der Waals surface area (Å²) in [5.41, 5.74) is 4.61. The molecule has 0 spiro atoms. The molecule has 0 aliphatic rings. The third-order valence-electron chi connectivity index (χ3n) is 1.90. The molecule has 1 rings (SSSR count). The molecule has 0 radical (unpaired) electrons. The summed E-state index contributed by atoms with van der Waals surface area (Å²) in [5, 5.41) is 17.8. The molecular formula is C9H9F2NO3. The summed E-state index contributed by atoms with van der Waals surface area (Å²) in [6.07, 6.45) is -2.73. The first-order valence-electron chi connectivity index (χ1n) is 4.03. The van der Waals surface area contributed by atoms with Crippen molar-refractivity contribution in [2.75, 3.05) is 0 Å². The predicted octanol–water partition coefficient (Wildman–Crippen LogP) is 1.41. The highest BCUT2D eigenvalue weighted by atomic mass is 19.3. The lowest BCUT2D eigenvalue weighted by Gasteiger charge is -2.10. The second kappa shape index (κ2) is 4.22. The Bertz CT molecular complexity index is 382. The van der Waals surface area contributed by atoms with Crippen LogP contribution in [0.2, 0.25) is 0 Å². The van der Waals surface area contributed by atoms with Gasteiger partial charge in [-0.25, -0.2) is 8.78 Å². The van der Waals surface area contributed by atoms with E-state index in [0.717, 1.165) is 18.2 Å². The molecular weight excluding hydrogens is 208 g/mol. The molecule has 4 nitrogen and oxygen atoms in total. The number of phenols is 1. The van der Waals surface area contributed by atoms with Crippen LogP contribution in [0.5, 0.6) is 5.75 Å². The lowest BCUT2D eigenvalue weighted by molar-refractivity contribution is -0.138. The number of phenolic OH excluding ortho intramolecular Hbond substituents is 1. The molecule has 0 bridgehead atoms. The highest BCUT2D eigenvalue weighted by molar-refractivity contribution is 5.76. The lowest BCUT2D eigenvalue weighted by Crippen LogP contribution is -2.20. The van der Waals surface area contributed by atoms with Crippen molar-refractivity contribution in [2.45, 2.75) is 12.5 Å². The van der Waals surface area contributed by atoms with Gasteiger partial charge in [0.25, 0.3) is 6.43 Å². The number of carboxylic acids is 1. The van der Waals surface area contributed by atoms with Crippen LogP contribution in [0, 0.1) is 0 Å². The molecule has 4 N–H and O–H groups in total. The van der Waals surface area contributed by atoms with Crippen molar-refractivity contribution in [1.82, 2.24) is 0 Å². The van der Waals surface area contributed by atoms with Gasteiger partial charge in [0.05, 0.1) is 0 Å². The van der Waals surface area contributed by atoms with Crippen LogP contribution >= 0.6 is 0 Å². The number of aromatic hydroxyl groups is 1. The Kier molecular flexibility index (Phi) is 3.21. The topological polar surface area (TPSA) is 83.6 Å². The molecule has 15 heavy (non-hydrogen) atoms. The van der Waals surface area contributed by atoms with Gasteiger partial charge < -0.3 is 15.9 Å². The average Bonchev–Trinajstić information content (AvgIpc) is 2.16. The van der Waals surface area contributed by atoms with Crippen LogP contribution in [0.1, 0.15) is 23.6 Å². The van der Waals surface area contributed by atoms with Crippen molar-refractivity contribution >= 4 is 5.97 Å². The molecule has 0 saturated heterocycles. The van der Waals surface area contributed by atoms with E-state index < -0.39 is 24.2 Å². The van der Waals surface area contributed by atoms with Crippen LogP contribution in [0.25, 0.3) is 0 Å². The van der Waals surface area contributed by atoms with Crippen molar-refractivity contribution in [3.05, 3.63) is 29.3 Å². The van der Waals surface area contributed by atoms with E-state index in [4.69, 9.17) is 10.8 Å². The minimum Gasteiger partial charge on any atom is -0.508 e. The summed E-state index contributed by atoms with van der Waals surface area (Å²) < 4.78 is 24.5. The zero-order valence-electron chi connectivity index (χ0n) is 7.52. The summed E-state index contributed by atoms with van der Waals surface area (Å²) in [7, 11) is 0. The van der Waals surface area contributed by atoms with Gasteiger partial charge in [0.1, 0.15) is 11.8 Å². The van der Waals surface area contributed by atoms with Gasteiger partial charge in [-0.05, 0) is 18.2 Å². The van der Waals surface area contributed by atoms with Crippen molar-refractivity contribution in [1.29, 1.82) is 0 Å². The Morgan fingerprint density at radius 2 is 2.00 bits per heavy atom. The molecule has 0 fully saturated rings. The number of carboxylic acid groups (broad SMARTS) is 1. The van der Waals surface area contributed by atoms with E-state index in [-0.39, 0.29) is 11.1 Å². The van der Waals surface area contributed by atoms with Crippen LogP contribution in [-0.4, -0.2) is 16.2 Å². The number of hydrogen-bond acceptors (Lipinski definition) is 3.